The Kier molecular flexibility index (Phi) is 5.93. The lowest BCUT2D eigenvalue weighted by Crippen LogP contribution is -2.12. The summed E-state index contributed by atoms with van der Waals surface area (Å²) in [6.45, 7) is 3.83. The second kappa shape index (κ2) is 8.52. The van der Waals surface area contributed by atoms with Crippen molar-refractivity contribution in [3.63, 3.8) is 0 Å². The van der Waals surface area contributed by atoms with Crippen LogP contribution in [0.15, 0.2) is 36.4 Å². The number of hydrogen-bond acceptors (Lipinski definition) is 2. The van der Waals surface area contributed by atoms with Crippen LogP contribution in [-0.2, 0) is 30.4 Å². The number of fused-ring (bicyclic) bond motifs is 3. The molecule has 0 spiro atoms. The summed E-state index contributed by atoms with van der Waals surface area (Å²) in [4.78, 5) is 14.4. The zero-order chi connectivity index (χ0) is 23.0. The maximum Gasteiger partial charge on any atom is 0.416 e. The summed E-state index contributed by atoms with van der Waals surface area (Å²) < 4.78 is 46.4. The third-order valence-corrected chi connectivity index (χ3v) is 6.00. The molecule has 0 bridgehead atoms. The fourth-order valence-corrected chi connectivity index (χ4v) is 4.59. The average Bonchev–Trinajstić information content (AvgIpc) is 3.25. The number of aliphatic carboxylic acids is 1. The Bertz CT molecular complexity index is 1150. The van der Waals surface area contributed by atoms with E-state index in [2.05, 4.69) is 4.98 Å². The van der Waals surface area contributed by atoms with Crippen LogP contribution in [0.1, 0.15) is 60.6 Å². The van der Waals surface area contributed by atoms with E-state index in [1.54, 1.807) is 18.2 Å². The van der Waals surface area contributed by atoms with Gasteiger partial charge in [0.25, 0.3) is 0 Å². The van der Waals surface area contributed by atoms with Gasteiger partial charge in [-0.2, -0.15) is 13.2 Å². The number of carboxylic acids is 1. The molecule has 0 radical (unpaired) electrons. The van der Waals surface area contributed by atoms with Crippen molar-refractivity contribution in [3.05, 3.63) is 64.3 Å². The highest BCUT2D eigenvalue weighted by atomic mass is 19.4. The molecule has 2 N–H and O–H groups in total. The molecular formula is C25H26F3NO3. The Morgan fingerprint density at radius 3 is 2.69 bits per heavy atom. The standard InChI is InChI=1S/C25H26F3NO3/c1-14(2)9-16-4-3-15(10-21(16)25(26,27)28)13-32-18-6-8-22-20(12-18)19-7-5-17(11-23(30)31)24(19)29-22/h3-4,6,8,10,12,14,17,29H,5,7,9,11,13H2,1-2H3,(H,30,31). The third-order valence-electron chi connectivity index (χ3n) is 6.00. The van der Waals surface area contributed by atoms with Crippen LogP contribution < -0.4 is 4.74 Å². The number of rotatable bonds is 7. The van der Waals surface area contributed by atoms with Crippen LogP contribution >= 0.6 is 0 Å². The van der Waals surface area contributed by atoms with E-state index >= 15 is 0 Å². The summed E-state index contributed by atoms with van der Waals surface area (Å²) in [6, 6.07) is 9.94. The van der Waals surface area contributed by atoms with E-state index in [4.69, 9.17) is 9.84 Å². The maximum absolute atomic E-state index is 13.5. The van der Waals surface area contributed by atoms with E-state index < -0.39 is 17.7 Å². The number of H-pyrrole nitrogens is 1. The van der Waals surface area contributed by atoms with Crippen LogP contribution in [-0.4, -0.2) is 16.1 Å². The Hall–Kier alpha value is -2.96. The van der Waals surface area contributed by atoms with Crippen molar-refractivity contribution in [2.75, 3.05) is 0 Å². The van der Waals surface area contributed by atoms with E-state index in [1.165, 1.54) is 6.07 Å². The molecule has 0 fully saturated rings. The molecule has 1 aliphatic rings. The Morgan fingerprint density at radius 1 is 1.22 bits per heavy atom. The zero-order valence-electron chi connectivity index (χ0n) is 18.1. The lowest BCUT2D eigenvalue weighted by Gasteiger charge is -2.16. The fraction of sp³-hybridized carbons (Fsp3) is 0.400. The van der Waals surface area contributed by atoms with Crippen molar-refractivity contribution in [3.8, 4) is 5.75 Å². The topological polar surface area (TPSA) is 62.3 Å². The number of ether oxygens (including phenoxy) is 1. The summed E-state index contributed by atoms with van der Waals surface area (Å²) >= 11 is 0. The molecule has 0 aliphatic heterocycles. The normalized spacial score (nSPS) is 16.0. The second-order valence-electron chi connectivity index (χ2n) is 8.93. The lowest BCUT2D eigenvalue weighted by atomic mass is 9.96. The minimum atomic E-state index is -4.41. The first-order valence-electron chi connectivity index (χ1n) is 10.8. The second-order valence-corrected chi connectivity index (χ2v) is 8.93. The highest BCUT2D eigenvalue weighted by Gasteiger charge is 2.33. The van der Waals surface area contributed by atoms with Crippen molar-refractivity contribution in [2.45, 2.75) is 58.2 Å². The van der Waals surface area contributed by atoms with Crippen LogP contribution in [0.25, 0.3) is 10.9 Å². The van der Waals surface area contributed by atoms with Crippen molar-refractivity contribution < 1.29 is 27.8 Å². The number of carboxylic acid groups (broad SMARTS) is 1. The predicted octanol–water partition coefficient (Wildman–Crippen LogP) is 6.47. The molecule has 4 nitrogen and oxygen atoms in total. The highest BCUT2D eigenvalue weighted by molar-refractivity contribution is 5.87. The first kappa shape index (κ1) is 22.2. The van der Waals surface area contributed by atoms with Gasteiger partial charge in [0.1, 0.15) is 12.4 Å². The summed E-state index contributed by atoms with van der Waals surface area (Å²) in [5, 5.41) is 10.1. The van der Waals surface area contributed by atoms with Gasteiger partial charge in [0, 0.05) is 22.5 Å². The maximum atomic E-state index is 13.5. The summed E-state index contributed by atoms with van der Waals surface area (Å²) in [5.41, 5.74) is 3.15. The molecule has 0 amide bonds. The Labute approximate surface area is 184 Å². The SMILES string of the molecule is CC(C)Cc1ccc(COc2ccc3[nH]c4c(c3c2)CCC4CC(=O)O)cc1C(F)(F)F. The van der Waals surface area contributed by atoms with Gasteiger partial charge in [0.2, 0.25) is 0 Å². The first-order chi connectivity index (χ1) is 15.1. The quantitative estimate of drug-likeness (QED) is 0.438. The van der Waals surface area contributed by atoms with Gasteiger partial charge in [0.15, 0.2) is 0 Å². The Morgan fingerprint density at radius 2 is 2.00 bits per heavy atom. The summed E-state index contributed by atoms with van der Waals surface area (Å²) in [7, 11) is 0. The molecule has 170 valence electrons. The van der Waals surface area contributed by atoms with Gasteiger partial charge < -0.3 is 14.8 Å². The van der Waals surface area contributed by atoms with Gasteiger partial charge in [-0.25, -0.2) is 0 Å². The zero-order valence-corrected chi connectivity index (χ0v) is 18.1. The van der Waals surface area contributed by atoms with Gasteiger partial charge in [-0.3, -0.25) is 4.79 Å². The number of halogens is 3. The monoisotopic (exact) mass is 445 g/mol. The Balaban J connectivity index is 1.54. The number of carbonyl (C=O) groups is 1. The molecule has 1 aromatic heterocycles. The van der Waals surface area contributed by atoms with Crippen LogP contribution in [0.2, 0.25) is 0 Å². The predicted molar refractivity (Wildman–Crippen MR) is 116 cm³/mol. The summed E-state index contributed by atoms with van der Waals surface area (Å²) in [5.74, 6) is -0.142. The molecule has 0 saturated carbocycles. The number of alkyl halides is 3. The van der Waals surface area contributed by atoms with Crippen LogP contribution in [0.3, 0.4) is 0 Å². The van der Waals surface area contributed by atoms with E-state index in [0.717, 1.165) is 35.0 Å². The number of benzene rings is 2. The molecule has 0 saturated heterocycles. The first-order valence-corrected chi connectivity index (χ1v) is 10.8. The number of aromatic amines is 1. The molecule has 3 aromatic rings. The molecule has 1 atom stereocenters. The van der Waals surface area contributed by atoms with Crippen molar-refractivity contribution >= 4 is 16.9 Å². The van der Waals surface area contributed by atoms with Crippen molar-refractivity contribution in [1.82, 2.24) is 4.98 Å². The minimum absolute atomic E-state index is 0.0237. The van der Waals surface area contributed by atoms with E-state index in [0.29, 0.717) is 23.3 Å². The number of aryl methyl sites for hydroxylation is 1. The van der Waals surface area contributed by atoms with Crippen molar-refractivity contribution in [2.24, 2.45) is 5.92 Å². The number of hydrogen-bond donors (Lipinski definition) is 2. The van der Waals surface area contributed by atoms with Gasteiger partial charge in [-0.15, -0.1) is 0 Å². The number of aromatic nitrogens is 1. The molecule has 1 aliphatic carbocycles. The van der Waals surface area contributed by atoms with Crippen molar-refractivity contribution in [1.29, 1.82) is 0 Å². The van der Waals surface area contributed by atoms with Gasteiger partial charge in [-0.1, -0.05) is 26.0 Å². The van der Waals surface area contributed by atoms with Gasteiger partial charge in [0.05, 0.1) is 12.0 Å². The lowest BCUT2D eigenvalue weighted by molar-refractivity contribution is -0.138. The average molecular weight is 445 g/mol. The molecule has 1 heterocycles. The highest BCUT2D eigenvalue weighted by Crippen LogP contribution is 2.40. The molecular weight excluding hydrogens is 419 g/mol. The van der Waals surface area contributed by atoms with E-state index in [1.807, 2.05) is 26.0 Å². The molecule has 2 aromatic carbocycles. The van der Waals surface area contributed by atoms with Crippen LogP contribution in [0.4, 0.5) is 13.2 Å². The van der Waals surface area contributed by atoms with E-state index in [-0.39, 0.29) is 24.9 Å². The largest absolute Gasteiger partial charge is 0.489 e. The summed E-state index contributed by atoms with van der Waals surface area (Å²) in [6.07, 6.45) is -2.36. The molecule has 4 rings (SSSR count). The van der Waals surface area contributed by atoms with Crippen LogP contribution in [0, 0.1) is 5.92 Å². The van der Waals surface area contributed by atoms with Crippen LogP contribution in [0.5, 0.6) is 5.75 Å². The van der Waals surface area contributed by atoms with Gasteiger partial charge in [-0.05, 0) is 66.1 Å². The third kappa shape index (κ3) is 4.61. The molecule has 32 heavy (non-hydrogen) atoms. The molecule has 1 unspecified atom stereocenters. The molecule has 7 heteroatoms. The minimum Gasteiger partial charge on any atom is -0.489 e. The smallest absolute Gasteiger partial charge is 0.416 e. The van der Waals surface area contributed by atoms with Gasteiger partial charge >= 0.3 is 12.1 Å². The fourth-order valence-electron chi connectivity index (χ4n) is 4.59. The number of nitrogens with one attached hydrogen (secondary N) is 1. The van der Waals surface area contributed by atoms with E-state index in [9.17, 15) is 18.0 Å².